The minimum atomic E-state index is -0.482. The zero-order chi connectivity index (χ0) is 26.0. The second-order valence-corrected chi connectivity index (χ2v) is 10.4. The first kappa shape index (κ1) is 24.6. The summed E-state index contributed by atoms with van der Waals surface area (Å²) in [6, 6.07) is 15.2. The first-order chi connectivity index (χ1) is 17.9. The van der Waals surface area contributed by atoms with Gasteiger partial charge >= 0.3 is 0 Å². The van der Waals surface area contributed by atoms with Crippen molar-refractivity contribution in [1.29, 1.82) is 0 Å². The Labute approximate surface area is 217 Å². The Bertz CT molecular complexity index is 1330. The van der Waals surface area contributed by atoms with Crippen molar-refractivity contribution in [3.8, 4) is 5.75 Å². The van der Waals surface area contributed by atoms with Gasteiger partial charge in [-0.25, -0.2) is 4.98 Å². The number of fused-ring (bicyclic) bond motifs is 1. The SMILES string of the molecule is COc1ccccc1[C@H]1C2=C(CC(C)(C)CC2=O)Nc2ccccc2N1CC(=O)NCCc1cnc[nH]1. The molecule has 8 nitrogen and oxygen atoms in total. The van der Waals surface area contributed by atoms with Gasteiger partial charge < -0.3 is 25.3 Å². The van der Waals surface area contributed by atoms with Crippen molar-refractivity contribution in [2.24, 2.45) is 5.41 Å². The van der Waals surface area contributed by atoms with Gasteiger partial charge in [0.25, 0.3) is 0 Å². The lowest BCUT2D eigenvalue weighted by atomic mass is 9.73. The number of allylic oxidation sites excluding steroid dienone is 1. The van der Waals surface area contributed by atoms with Gasteiger partial charge in [-0.05, 0) is 30.0 Å². The minimum Gasteiger partial charge on any atom is -0.496 e. The topological polar surface area (TPSA) is 99.3 Å². The number of benzene rings is 2. The van der Waals surface area contributed by atoms with Crippen LogP contribution in [0.3, 0.4) is 0 Å². The molecule has 0 fully saturated rings. The van der Waals surface area contributed by atoms with Gasteiger partial charge in [0, 0.05) is 48.1 Å². The van der Waals surface area contributed by atoms with Gasteiger partial charge in [-0.2, -0.15) is 0 Å². The summed E-state index contributed by atoms with van der Waals surface area (Å²) in [6.07, 6.45) is 5.22. The number of ether oxygens (including phenoxy) is 1. The van der Waals surface area contributed by atoms with Crippen LogP contribution in [0.5, 0.6) is 5.75 Å². The number of nitrogens with one attached hydrogen (secondary N) is 3. The number of carbonyl (C=O) groups excluding carboxylic acids is 2. The maximum absolute atomic E-state index is 13.8. The lowest BCUT2D eigenvalue weighted by molar-refractivity contribution is -0.120. The molecule has 0 unspecified atom stereocenters. The van der Waals surface area contributed by atoms with Gasteiger partial charge in [-0.15, -0.1) is 0 Å². The van der Waals surface area contributed by atoms with Gasteiger partial charge in [0.2, 0.25) is 5.91 Å². The largest absolute Gasteiger partial charge is 0.496 e. The number of nitrogens with zero attached hydrogens (tertiary/aromatic N) is 2. The summed E-state index contributed by atoms with van der Waals surface area (Å²) in [4.78, 5) is 36.2. The Morgan fingerprint density at radius 2 is 1.95 bits per heavy atom. The number of aromatic amines is 1. The molecule has 192 valence electrons. The molecule has 1 aliphatic carbocycles. The Balaban J connectivity index is 1.57. The third-order valence-electron chi connectivity index (χ3n) is 7.02. The van der Waals surface area contributed by atoms with Crippen LogP contribution in [0.25, 0.3) is 0 Å². The monoisotopic (exact) mass is 499 g/mol. The fraction of sp³-hybridized carbons (Fsp3) is 0.345. The Hall–Kier alpha value is -4.07. The molecular weight excluding hydrogens is 466 g/mol. The molecule has 0 bridgehead atoms. The molecule has 1 amide bonds. The van der Waals surface area contributed by atoms with E-state index in [4.69, 9.17) is 4.74 Å². The average Bonchev–Trinajstić information content (AvgIpc) is 3.34. The van der Waals surface area contributed by atoms with Crippen LogP contribution in [0.4, 0.5) is 11.4 Å². The van der Waals surface area contributed by atoms with Crippen molar-refractivity contribution in [3.05, 3.63) is 83.6 Å². The zero-order valence-corrected chi connectivity index (χ0v) is 21.5. The van der Waals surface area contributed by atoms with Crippen molar-refractivity contribution >= 4 is 23.1 Å². The number of methoxy groups -OCH3 is 1. The summed E-state index contributed by atoms with van der Waals surface area (Å²) >= 11 is 0. The fourth-order valence-electron chi connectivity index (χ4n) is 5.41. The second kappa shape index (κ2) is 10.1. The van der Waals surface area contributed by atoms with E-state index in [1.807, 2.05) is 53.4 Å². The van der Waals surface area contributed by atoms with E-state index in [1.54, 1.807) is 19.6 Å². The molecule has 2 heterocycles. The van der Waals surface area contributed by atoms with E-state index >= 15 is 0 Å². The smallest absolute Gasteiger partial charge is 0.239 e. The third-order valence-corrected chi connectivity index (χ3v) is 7.02. The standard InChI is InChI=1S/C29H33N5O3/c1-29(2)14-22-27(24(35)15-29)28(20-8-4-7-11-25(20)37-3)34(23-10-6-5-9-21(23)33-22)17-26(36)31-13-12-19-16-30-18-32-19/h4-11,16,18,28,33H,12-15,17H2,1-3H3,(H,30,32)(H,31,36)/t28-/m0/s1. The van der Waals surface area contributed by atoms with E-state index < -0.39 is 6.04 Å². The minimum absolute atomic E-state index is 0.0812. The van der Waals surface area contributed by atoms with Crippen LogP contribution in [-0.2, 0) is 16.0 Å². The average molecular weight is 500 g/mol. The number of amides is 1. The summed E-state index contributed by atoms with van der Waals surface area (Å²) in [5.74, 6) is 0.648. The molecule has 37 heavy (non-hydrogen) atoms. The van der Waals surface area contributed by atoms with Crippen LogP contribution in [0, 0.1) is 5.41 Å². The third kappa shape index (κ3) is 5.09. The van der Waals surface area contributed by atoms with Crippen molar-refractivity contribution in [1.82, 2.24) is 15.3 Å². The van der Waals surface area contributed by atoms with Crippen molar-refractivity contribution in [2.75, 3.05) is 30.4 Å². The van der Waals surface area contributed by atoms with Gasteiger partial charge in [-0.1, -0.05) is 44.2 Å². The van der Waals surface area contributed by atoms with Crippen LogP contribution in [0.15, 0.2) is 72.3 Å². The van der Waals surface area contributed by atoms with Crippen LogP contribution in [0.1, 0.15) is 44.0 Å². The summed E-state index contributed by atoms with van der Waals surface area (Å²) in [5.41, 5.74) is 5.00. The van der Waals surface area contributed by atoms with Crippen molar-refractivity contribution in [2.45, 2.75) is 39.2 Å². The highest BCUT2D eigenvalue weighted by Crippen LogP contribution is 2.49. The molecule has 2 aliphatic rings. The number of H-pyrrole nitrogens is 1. The van der Waals surface area contributed by atoms with E-state index in [-0.39, 0.29) is 23.7 Å². The summed E-state index contributed by atoms with van der Waals surface area (Å²) in [6.45, 7) is 4.80. The van der Waals surface area contributed by atoms with E-state index in [0.29, 0.717) is 30.7 Å². The van der Waals surface area contributed by atoms with Crippen molar-refractivity contribution < 1.29 is 14.3 Å². The molecule has 2 aromatic carbocycles. The first-order valence-electron chi connectivity index (χ1n) is 12.6. The molecule has 0 spiro atoms. The predicted molar refractivity (Wildman–Crippen MR) is 143 cm³/mol. The van der Waals surface area contributed by atoms with Gasteiger partial charge in [0.05, 0.1) is 37.4 Å². The molecule has 0 saturated carbocycles. The number of rotatable bonds is 7. The highest BCUT2D eigenvalue weighted by molar-refractivity contribution is 6.02. The quantitative estimate of drug-likeness (QED) is 0.446. The highest BCUT2D eigenvalue weighted by Gasteiger charge is 2.42. The molecule has 3 N–H and O–H groups in total. The molecule has 3 aromatic rings. The number of carbonyl (C=O) groups is 2. The number of para-hydroxylation sites is 3. The number of imidazole rings is 1. The Morgan fingerprint density at radius 3 is 2.73 bits per heavy atom. The maximum atomic E-state index is 13.8. The Kier molecular flexibility index (Phi) is 6.74. The normalized spacial score (nSPS) is 18.4. The van der Waals surface area contributed by atoms with Gasteiger partial charge in [0.15, 0.2) is 5.78 Å². The summed E-state index contributed by atoms with van der Waals surface area (Å²) in [7, 11) is 1.63. The molecule has 8 heteroatoms. The summed E-state index contributed by atoms with van der Waals surface area (Å²) < 4.78 is 5.75. The Morgan fingerprint density at radius 1 is 1.16 bits per heavy atom. The van der Waals surface area contributed by atoms with Crippen molar-refractivity contribution in [3.63, 3.8) is 0 Å². The van der Waals surface area contributed by atoms with E-state index in [9.17, 15) is 9.59 Å². The lowest BCUT2D eigenvalue weighted by Crippen LogP contribution is -2.42. The number of Topliss-reactive ketones (excluding diaryl/α,β-unsaturated/α-hetero) is 1. The molecule has 0 saturated heterocycles. The zero-order valence-electron chi connectivity index (χ0n) is 21.5. The van der Waals surface area contributed by atoms with Crippen LogP contribution >= 0.6 is 0 Å². The number of hydrogen-bond acceptors (Lipinski definition) is 6. The summed E-state index contributed by atoms with van der Waals surface area (Å²) in [5, 5.41) is 6.62. The molecule has 5 rings (SSSR count). The molecular formula is C29H33N5O3. The predicted octanol–water partition coefficient (Wildman–Crippen LogP) is 4.39. The van der Waals surface area contributed by atoms with E-state index in [2.05, 4.69) is 34.4 Å². The highest BCUT2D eigenvalue weighted by atomic mass is 16.5. The second-order valence-electron chi connectivity index (χ2n) is 10.4. The van der Waals surface area contributed by atoms with Gasteiger partial charge in [-0.3, -0.25) is 9.59 Å². The van der Waals surface area contributed by atoms with E-state index in [1.165, 1.54) is 0 Å². The van der Waals surface area contributed by atoms with Crippen LogP contribution in [0.2, 0.25) is 0 Å². The molecule has 0 radical (unpaired) electrons. The number of ketones is 1. The lowest BCUT2D eigenvalue weighted by Gasteiger charge is -2.38. The van der Waals surface area contributed by atoms with Crippen LogP contribution < -0.4 is 20.3 Å². The molecule has 1 aromatic heterocycles. The molecule has 1 aliphatic heterocycles. The maximum Gasteiger partial charge on any atom is 0.239 e. The van der Waals surface area contributed by atoms with Crippen LogP contribution in [-0.4, -0.2) is 41.9 Å². The first-order valence-corrected chi connectivity index (χ1v) is 12.6. The van der Waals surface area contributed by atoms with E-state index in [0.717, 1.165) is 34.8 Å². The van der Waals surface area contributed by atoms with Gasteiger partial charge in [0.1, 0.15) is 5.75 Å². The molecule has 1 atom stereocenters. The number of hydrogen-bond donors (Lipinski definition) is 3. The fourth-order valence-corrected chi connectivity index (χ4v) is 5.41. The number of aromatic nitrogens is 2. The number of anilines is 2.